The lowest BCUT2D eigenvalue weighted by molar-refractivity contribution is 0.628. The van der Waals surface area contributed by atoms with Gasteiger partial charge in [0.15, 0.2) is 0 Å². The van der Waals surface area contributed by atoms with Gasteiger partial charge in [-0.15, -0.1) is 0 Å². The van der Waals surface area contributed by atoms with Gasteiger partial charge in [0.25, 0.3) is 0 Å². The number of halogens is 1. The van der Waals surface area contributed by atoms with Gasteiger partial charge in [-0.3, -0.25) is 4.98 Å². The highest BCUT2D eigenvalue weighted by atomic mass is 19.1. The minimum Gasteiger partial charge on any atom is -0.384 e. The van der Waals surface area contributed by atoms with E-state index in [1.54, 1.807) is 12.1 Å². The lowest BCUT2D eigenvalue weighted by Gasteiger charge is -2.18. The number of rotatable bonds is 2. The number of aryl methyl sites for hydroxylation is 2. The maximum Gasteiger partial charge on any atom is 0.125 e. The average molecular weight is 272 g/mol. The Kier molecular flexibility index (Phi) is 3.60. The normalized spacial score (nSPS) is 14.9. The summed E-state index contributed by atoms with van der Waals surface area (Å²) < 4.78 is 13.7. The van der Waals surface area contributed by atoms with Gasteiger partial charge in [0, 0.05) is 29.4 Å². The van der Waals surface area contributed by atoms with Crippen molar-refractivity contribution < 1.29 is 4.39 Å². The second-order valence-corrected chi connectivity index (χ2v) is 5.62. The van der Waals surface area contributed by atoms with Crippen molar-refractivity contribution in [1.29, 1.82) is 0 Å². The van der Waals surface area contributed by atoms with Gasteiger partial charge in [-0.25, -0.2) is 4.39 Å². The van der Waals surface area contributed by atoms with Crippen LogP contribution < -0.4 is 5.32 Å². The molecule has 0 aliphatic heterocycles. The van der Waals surface area contributed by atoms with E-state index < -0.39 is 0 Å². The fourth-order valence-corrected chi connectivity index (χ4v) is 3.27. The fraction of sp³-hybridized carbons (Fsp3) is 0.471. The van der Waals surface area contributed by atoms with Crippen molar-refractivity contribution in [2.45, 2.75) is 46.0 Å². The van der Waals surface area contributed by atoms with Gasteiger partial charge in [-0.1, -0.05) is 6.42 Å². The summed E-state index contributed by atoms with van der Waals surface area (Å²) in [5.74, 6) is -0.196. The fourth-order valence-electron chi connectivity index (χ4n) is 3.27. The predicted molar refractivity (Wildman–Crippen MR) is 81.9 cm³/mol. The molecule has 0 amide bonds. The van der Waals surface area contributed by atoms with Gasteiger partial charge < -0.3 is 5.32 Å². The number of fused-ring (bicyclic) bond motifs is 2. The number of nitrogens with one attached hydrogen (secondary N) is 1. The quantitative estimate of drug-likeness (QED) is 0.820. The summed E-state index contributed by atoms with van der Waals surface area (Å²) in [6.45, 7) is 4.95. The lowest BCUT2D eigenvalue weighted by Crippen LogP contribution is -2.07. The maximum absolute atomic E-state index is 13.7. The molecule has 0 atom stereocenters. The number of aromatic nitrogens is 1. The molecular weight excluding hydrogens is 251 g/mol. The predicted octanol–water partition coefficient (Wildman–Crippen LogP) is 4.38. The van der Waals surface area contributed by atoms with Crippen LogP contribution in [-0.4, -0.2) is 11.5 Å². The third kappa shape index (κ3) is 2.26. The largest absolute Gasteiger partial charge is 0.384 e. The SMILES string of the molecule is CCNc1c2c(nc3cc(F)cc(C)c13)CCCCC2. The first-order valence-corrected chi connectivity index (χ1v) is 7.56. The highest BCUT2D eigenvalue weighted by molar-refractivity contribution is 5.96. The third-order valence-corrected chi connectivity index (χ3v) is 4.13. The molecule has 20 heavy (non-hydrogen) atoms. The van der Waals surface area contributed by atoms with E-state index in [1.165, 1.54) is 30.5 Å². The minimum atomic E-state index is -0.196. The summed E-state index contributed by atoms with van der Waals surface area (Å²) in [6, 6.07) is 3.17. The first-order valence-electron chi connectivity index (χ1n) is 7.56. The zero-order chi connectivity index (χ0) is 14.1. The van der Waals surface area contributed by atoms with Crippen LogP contribution in [0.5, 0.6) is 0 Å². The molecule has 1 aromatic carbocycles. The molecule has 1 heterocycles. The molecular formula is C17H21FN2. The van der Waals surface area contributed by atoms with Gasteiger partial charge in [0.2, 0.25) is 0 Å². The van der Waals surface area contributed by atoms with Crippen LogP contribution in [0.1, 0.15) is 43.0 Å². The van der Waals surface area contributed by atoms with Gasteiger partial charge >= 0.3 is 0 Å². The molecule has 0 radical (unpaired) electrons. The second kappa shape index (κ2) is 5.39. The molecule has 3 rings (SSSR count). The van der Waals surface area contributed by atoms with E-state index in [9.17, 15) is 4.39 Å². The topological polar surface area (TPSA) is 24.9 Å². The zero-order valence-corrected chi connectivity index (χ0v) is 12.2. The number of anilines is 1. The maximum atomic E-state index is 13.7. The van der Waals surface area contributed by atoms with Crippen molar-refractivity contribution in [3.63, 3.8) is 0 Å². The smallest absolute Gasteiger partial charge is 0.125 e. The number of hydrogen-bond donors (Lipinski definition) is 1. The Morgan fingerprint density at radius 2 is 2.00 bits per heavy atom. The minimum absolute atomic E-state index is 0.196. The molecule has 2 nitrogen and oxygen atoms in total. The van der Waals surface area contributed by atoms with Crippen LogP contribution in [0.15, 0.2) is 12.1 Å². The van der Waals surface area contributed by atoms with E-state index in [0.717, 1.165) is 41.5 Å². The Labute approximate surface area is 119 Å². The van der Waals surface area contributed by atoms with Gasteiger partial charge in [-0.05, 0) is 56.7 Å². The molecule has 1 aromatic heterocycles. The standard InChI is InChI=1S/C17H21FN2/c1-3-19-17-13-7-5-4-6-8-14(13)20-15-10-12(18)9-11(2)16(15)17/h9-10H,3-8H2,1-2H3,(H,19,20). The zero-order valence-electron chi connectivity index (χ0n) is 12.2. The van der Waals surface area contributed by atoms with Crippen LogP contribution in [0.3, 0.4) is 0 Å². The van der Waals surface area contributed by atoms with E-state index >= 15 is 0 Å². The van der Waals surface area contributed by atoms with Gasteiger partial charge in [-0.2, -0.15) is 0 Å². The summed E-state index contributed by atoms with van der Waals surface area (Å²) in [6.07, 6.45) is 5.76. The van der Waals surface area contributed by atoms with Crippen LogP contribution in [0.2, 0.25) is 0 Å². The third-order valence-electron chi connectivity index (χ3n) is 4.13. The molecule has 0 bridgehead atoms. The highest BCUT2D eigenvalue weighted by Crippen LogP contribution is 2.34. The number of pyridine rings is 1. The van der Waals surface area contributed by atoms with Crippen LogP contribution in [0.4, 0.5) is 10.1 Å². The summed E-state index contributed by atoms with van der Waals surface area (Å²) in [4.78, 5) is 4.76. The number of benzene rings is 1. The van der Waals surface area contributed by atoms with Crippen molar-refractivity contribution in [2.24, 2.45) is 0 Å². The van der Waals surface area contributed by atoms with E-state index in [4.69, 9.17) is 4.98 Å². The van der Waals surface area contributed by atoms with E-state index in [2.05, 4.69) is 12.2 Å². The Morgan fingerprint density at radius 3 is 2.80 bits per heavy atom. The molecule has 106 valence electrons. The van der Waals surface area contributed by atoms with Crippen LogP contribution in [0.25, 0.3) is 10.9 Å². The lowest BCUT2D eigenvalue weighted by atomic mass is 9.99. The summed E-state index contributed by atoms with van der Waals surface area (Å²) in [5.41, 5.74) is 5.46. The van der Waals surface area contributed by atoms with Crippen molar-refractivity contribution >= 4 is 16.6 Å². The van der Waals surface area contributed by atoms with Gasteiger partial charge in [0.1, 0.15) is 5.82 Å². The molecule has 1 aliphatic carbocycles. The monoisotopic (exact) mass is 272 g/mol. The van der Waals surface area contributed by atoms with Crippen LogP contribution >= 0.6 is 0 Å². The molecule has 0 unspecified atom stereocenters. The first kappa shape index (κ1) is 13.3. The van der Waals surface area contributed by atoms with E-state index in [0.29, 0.717) is 0 Å². The molecule has 0 saturated carbocycles. The second-order valence-electron chi connectivity index (χ2n) is 5.62. The molecule has 0 fully saturated rings. The molecule has 2 aromatic rings. The number of nitrogens with zero attached hydrogens (tertiary/aromatic N) is 1. The Hall–Kier alpha value is -1.64. The van der Waals surface area contributed by atoms with Crippen molar-refractivity contribution in [3.05, 3.63) is 34.8 Å². The average Bonchev–Trinajstić information content (AvgIpc) is 2.63. The molecule has 0 spiro atoms. The highest BCUT2D eigenvalue weighted by Gasteiger charge is 2.18. The van der Waals surface area contributed by atoms with Crippen LogP contribution in [-0.2, 0) is 12.8 Å². The molecule has 0 saturated heterocycles. The first-order chi connectivity index (χ1) is 9.70. The van der Waals surface area contributed by atoms with Crippen molar-refractivity contribution in [1.82, 2.24) is 4.98 Å². The van der Waals surface area contributed by atoms with E-state index in [-0.39, 0.29) is 5.82 Å². The molecule has 1 aliphatic rings. The Balaban J connectivity index is 2.33. The van der Waals surface area contributed by atoms with Crippen molar-refractivity contribution in [3.8, 4) is 0 Å². The van der Waals surface area contributed by atoms with Crippen molar-refractivity contribution in [2.75, 3.05) is 11.9 Å². The number of hydrogen-bond acceptors (Lipinski definition) is 2. The summed E-state index contributed by atoms with van der Waals surface area (Å²) in [5, 5.41) is 4.60. The molecule has 3 heteroatoms. The summed E-state index contributed by atoms with van der Waals surface area (Å²) >= 11 is 0. The molecule has 1 N–H and O–H groups in total. The van der Waals surface area contributed by atoms with E-state index in [1.807, 2.05) is 6.92 Å². The van der Waals surface area contributed by atoms with Crippen LogP contribution in [0, 0.1) is 12.7 Å². The Bertz CT molecular complexity index is 649. The Morgan fingerprint density at radius 1 is 1.20 bits per heavy atom. The van der Waals surface area contributed by atoms with Gasteiger partial charge in [0.05, 0.1) is 5.52 Å². The summed E-state index contributed by atoms with van der Waals surface area (Å²) in [7, 11) is 0.